The van der Waals surface area contributed by atoms with E-state index in [9.17, 15) is 0 Å². The van der Waals surface area contributed by atoms with Crippen molar-refractivity contribution < 1.29 is 0 Å². The van der Waals surface area contributed by atoms with Gasteiger partial charge in [0.2, 0.25) is 0 Å². The van der Waals surface area contributed by atoms with E-state index in [4.69, 9.17) is 0 Å². The van der Waals surface area contributed by atoms with Gasteiger partial charge in [-0.15, -0.1) is 0 Å². The highest BCUT2D eigenvalue weighted by Gasteiger charge is 2.46. The molecule has 0 heterocycles. The SMILES string of the molecule is CCCCCCCCC[P+](C(C)C)(C(C)C)C(C)C. The van der Waals surface area contributed by atoms with E-state index in [1.165, 1.54) is 51.1 Å². The Kier molecular flexibility index (Phi) is 10.4. The van der Waals surface area contributed by atoms with Crippen LogP contribution in [0.2, 0.25) is 0 Å². The van der Waals surface area contributed by atoms with Crippen molar-refractivity contribution in [3.8, 4) is 0 Å². The Bertz CT molecular complexity index is 184. The van der Waals surface area contributed by atoms with Crippen LogP contribution < -0.4 is 0 Å². The second-order valence-corrected chi connectivity index (χ2v) is 12.7. The maximum Gasteiger partial charge on any atom is 0.0646 e. The molecule has 0 aliphatic heterocycles. The third-order valence-corrected chi connectivity index (χ3v) is 11.9. The minimum atomic E-state index is -0.773. The zero-order chi connectivity index (χ0) is 14.9. The van der Waals surface area contributed by atoms with Crippen LogP contribution in [0.15, 0.2) is 0 Å². The minimum Gasteiger partial charge on any atom is -0.0654 e. The summed E-state index contributed by atoms with van der Waals surface area (Å²) in [5, 5.41) is 0. The predicted octanol–water partition coefficient (Wildman–Crippen LogP) is 6.98. The molecule has 19 heavy (non-hydrogen) atoms. The molecule has 0 atom stereocenters. The Hall–Kier alpha value is 0.430. The zero-order valence-corrected chi connectivity index (χ0v) is 15.7. The highest BCUT2D eigenvalue weighted by molar-refractivity contribution is 7.77. The van der Waals surface area contributed by atoms with E-state index in [0.29, 0.717) is 0 Å². The van der Waals surface area contributed by atoms with E-state index < -0.39 is 7.26 Å². The molecule has 0 unspecified atom stereocenters. The van der Waals surface area contributed by atoms with Gasteiger partial charge in [0, 0.05) is 7.26 Å². The molecule has 0 spiro atoms. The lowest BCUT2D eigenvalue weighted by molar-refractivity contribution is 0.601. The van der Waals surface area contributed by atoms with Gasteiger partial charge in [0.1, 0.15) is 0 Å². The lowest BCUT2D eigenvalue weighted by atomic mass is 10.1. The van der Waals surface area contributed by atoms with E-state index in [-0.39, 0.29) is 0 Å². The molecule has 0 radical (unpaired) electrons. The summed E-state index contributed by atoms with van der Waals surface area (Å²) in [5.41, 5.74) is 2.73. The van der Waals surface area contributed by atoms with Crippen molar-refractivity contribution in [2.24, 2.45) is 0 Å². The topological polar surface area (TPSA) is 0 Å². The number of hydrogen-bond acceptors (Lipinski definition) is 0. The molecule has 116 valence electrons. The van der Waals surface area contributed by atoms with Crippen molar-refractivity contribution in [2.75, 3.05) is 6.16 Å². The average molecular weight is 287 g/mol. The van der Waals surface area contributed by atoms with Gasteiger partial charge in [0.25, 0.3) is 0 Å². The summed E-state index contributed by atoms with van der Waals surface area (Å²) in [4.78, 5) is 0. The Morgan fingerprint density at radius 2 is 0.947 bits per heavy atom. The molecule has 0 bridgehead atoms. The molecular formula is C18H40P+. The Labute approximate surface area is 124 Å². The molecular weight excluding hydrogens is 247 g/mol. The van der Waals surface area contributed by atoms with Crippen molar-refractivity contribution in [3.63, 3.8) is 0 Å². The van der Waals surface area contributed by atoms with E-state index in [1.807, 2.05) is 0 Å². The minimum absolute atomic E-state index is 0.773. The molecule has 0 aliphatic carbocycles. The molecule has 0 saturated heterocycles. The van der Waals surface area contributed by atoms with Gasteiger partial charge < -0.3 is 0 Å². The molecule has 0 fully saturated rings. The first-order chi connectivity index (χ1) is 8.89. The monoisotopic (exact) mass is 287 g/mol. The first-order valence-electron chi connectivity index (χ1n) is 8.76. The second kappa shape index (κ2) is 10.2. The van der Waals surface area contributed by atoms with Gasteiger partial charge in [-0.1, -0.05) is 39.0 Å². The number of rotatable bonds is 11. The van der Waals surface area contributed by atoms with E-state index >= 15 is 0 Å². The highest BCUT2D eigenvalue weighted by Crippen LogP contribution is 2.70. The lowest BCUT2D eigenvalue weighted by Crippen LogP contribution is -2.26. The summed E-state index contributed by atoms with van der Waals surface area (Å²) in [7, 11) is -0.773. The highest BCUT2D eigenvalue weighted by atomic mass is 31.2. The molecule has 0 N–H and O–H groups in total. The average Bonchev–Trinajstić information content (AvgIpc) is 2.31. The van der Waals surface area contributed by atoms with Crippen LogP contribution >= 0.6 is 7.26 Å². The first kappa shape index (κ1) is 19.4. The summed E-state index contributed by atoms with van der Waals surface area (Å²) < 4.78 is 0. The Morgan fingerprint density at radius 1 is 0.579 bits per heavy atom. The van der Waals surface area contributed by atoms with Gasteiger partial charge in [-0.05, 0) is 54.4 Å². The standard InChI is InChI=1S/C18H40P/c1-8-9-10-11-12-13-14-15-19(16(2)3,17(4)5)18(6)7/h16-18H,8-15H2,1-7H3/q+1. The van der Waals surface area contributed by atoms with E-state index in [2.05, 4.69) is 48.5 Å². The van der Waals surface area contributed by atoms with Gasteiger partial charge in [-0.25, -0.2) is 0 Å². The van der Waals surface area contributed by atoms with Crippen molar-refractivity contribution in [2.45, 2.75) is 110 Å². The van der Waals surface area contributed by atoms with Crippen LogP contribution in [-0.2, 0) is 0 Å². The maximum atomic E-state index is 2.48. The summed E-state index contributed by atoms with van der Waals surface area (Å²) >= 11 is 0. The van der Waals surface area contributed by atoms with Crippen molar-refractivity contribution in [1.29, 1.82) is 0 Å². The van der Waals surface area contributed by atoms with Crippen LogP contribution in [0.25, 0.3) is 0 Å². The summed E-state index contributed by atoms with van der Waals surface area (Å²) in [6, 6.07) is 0. The fourth-order valence-corrected chi connectivity index (χ4v) is 9.80. The van der Waals surface area contributed by atoms with Gasteiger partial charge in [0.05, 0.1) is 23.1 Å². The number of hydrogen-bond donors (Lipinski definition) is 0. The fourth-order valence-electron chi connectivity index (χ4n) is 3.91. The maximum absolute atomic E-state index is 2.48. The Balaban J connectivity index is 4.14. The van der Waals surface area contributed by atoms with Crippen molar-refractivity contribution in [3.05, 3.63) is 0 Å². The molecule has 0 saturated carbocycles. The van der Waals surface area contributed by atoms with Crippen LogP contribution in [-0.4, -0.2) is 23.1 Å². The van der Waals surface area contributed by atoms with Gasteiger partial charge >= 0.3 is 0 Å². The molecule has 0 rings (SSSR count). The van der Waals surface area contributed by atoms with Gasteiger partial charge in [-0.2, -0.15) is 0 Å². The van der Waals surface area contributed by atoms with Gasteiger partial charge in [-0.3, -0.25) is 0 Å². The van der Waals surface area contributed by atoms with Crippen molar-refractivity contribution in [1.82, 2.24) is 0 Å². The largest absolute Gasteiger partial charge is 0.0654 e. The summed E-state index contributed by atoms with van der Waals surface area (Å²) in [6.07, 6.45) is 11.7. The van der Waals surface area contributed by atoms with Crippen LogP contribution in [0, 0.1) is 0 Å². The molecule has 0 aliphatic rings. The van der Waals surface area contributed by atoms with E-state index in [0.717, 1.165) is 17.0 Å². The van der Waals surface area contributed by atoms with Crippen LogP contribution in [0.4, 0.5) is 0 Å². The lowest BCUT2D eigenvalue weighted by Gasteiger charge is -2.38. The third-order valence-electron chi connectivity index (χ3n) is 5.03. The molecule has 0 aromatic rings. The quantitative estimate of drug-likeness (QED) is 0.284. The molecule has 0 amide bonds. The van der Waals surface area contributed by atoms with Crippen molar-refractivity contribution >= 4 is 7.26 Å². The molecule has 1 heteroatoms. The Morgan fingerprint density at radius 3 is 1.32 bits per heavy atom. The van der Waals surface area contributed by atoms with Gasteiger partial charge in [0.15, 0.2) is 0 Å². The second-order valence-electron chi connectivity index (χ2n) is 7.12. The van der Waals surface area contributed by atoms with Crippen LogP contribution in [0.1, 0.15) is 93.4 Å². The predicted molar refractivity (Wildman–Crippen MR) is 95.2 cm³/mol. The van der Waals surface area contributed by atoms with Crippen LogP contribution in [0.5, 0.6) is 0 Å². The molecule has 0 nitrogen and oxygen atoms in total. The van der Waals surface area contributed by atoms with E-state index in [1.54, 1.807) is 0 Å². The zero-order valence-electron chi connectivity index (χ0n) is 14.8. The summed E-state index contributed by atoms with van der Waals surface area (Å²) in [6.45, 7) is 17.2. The summed E-state index contributed by atoms with van der Waals surface area (Å²) in [5.74, 6) is 0. The third kappa shape index (κ3) is 6.16. The van der Waals surface area contributed by atoms with Crippen LogP contribution in [0.3, 0.4) is 0 Å². The molecule has 0 aromatic heterocycles. The normalized spacial score (nSPS) is 12.9. The molecule has 0 aromatic carbocycles. The first-order valence-corrected chi connectivity index (χ1v) is 10.9. The number of unbranched alkanes of at least 4 members (excludes halogenated alkanes) is 6. The smallest absolute Gasteiger partial charge is 0.0646 e. The fraction of sp³-hybridized carbons (Fsp3) is 1.00.